The van der Waals surface area contributed by atoms with Gasteiger partial charge in [-0.3, -0.25) is 9.59 Å². The van der Waals surface area contributed by atoms with E-state index >= 15 is 0 Å². The van der Waals surface area contributed by atoms with Gasteiger partial charge in [-0.25, -0.2) is 0 Å². The summed E-state index contributed by atoms with van der Waals surface area (Å²) in [5, 5.41) is 2.78. The molecule has 1 atom stereocenters. The van der Waals surface area contributed by atoms with Crippen molar-refractivity contribution in [3.8, 4) is 5.75 Å². The Labute approximate surface area is 137 Å². The number of ether oxygens (including phenoxy) is 1. The van der Waals surface area contributed by atoms with Crippen molar-refractivity contribution in [3.63, 3.8) is 0 Å². The van der Waals surface area contributed by atoms with Gasteiger partial charge in [0.1, 0.15) is 5.75 Å². The van der Waals surface area contributed by atoms with Crippen LogP contribution in [0.4, 0.5) is 0 Å². The molecule has 5 heteroatoms. The minimum Gasteiger partial charge on any atom is -0.497 e. The van der Waals surface area contributed by atoms with Crippen molar-refractivity contribution in [3.05, 3.63) is 29.8 Å². The zero-order valence-corrected chi connectivity index (χ0v) is 13.8. The highest BCUT2D eigenvalue weighted by Crippen LogP contribution is 2.49. The number of likely N-dealkylation sites (tertiary alicyclic amines) is 1. The Morgan fingerprint density at radius 2 is 1.87 bits per heavy atom. The van der Waals surface area contributed by atoms with E-state index in [0.717, 1.165) is 31.4 Å². The quantitative estimate of drug-likeness (QED) is 0.929. The second-order valence-corrected chi connectivity index (χ2v) is 6.65. The van der Waals surface area contributed by atoms with Crippen LogP contribution < -0.4 is 10.1 Å². The van der Waals surface area contributed by atoms with Crippen LogP contribution in [0.1, 0.15) is 36.0 Å². The topological polar surface area (TPSA) is 58.6 Å². The van der Waals surface area contributed by atoms with Crippen LogP contribution in [0.5, 0.6) is 5.75 Å². The summed E-state index contributed by atoms with van der Waals surface area (Å²) >= 11 is 0. The van der Waals surface area contributed by atoms with E-state index in [4.69, 9.17) is 4.74 Å². The van der Waals surface area contributed by atoms with Gasteiger partial charge in [0.25, 0.3) is 5.91 Å². The minimum absolute atomic E-state index is 0.00494. The molecule has 0 unspecified atom stereocenters. The number of benzene rings is 1. The number of nitrogens with one attached hydrogen (secondary N) is 1. The standard InChI is InChI=1S/C18H24N2O3/c1-19-16(21)15-11-20(12-18(15)9-3-4-10-18)17(22)13-5-7-14(23-2)8-6-13/h5-8,15H,3-4,9-12H2,1-2H3,(H,19,21)/t15-/m1/s1. The molecule has 124 valence electrons. The van der Waals surface area contributed by atoms with Crippen molar-refractivity contribution < 1.29 is 14.3 Å². The Balaban J connectivity index is 1.80. The van der Waals surface area contributed by atoms with Crippen LogP contribution in [-0.2, 0) is 4.79 Å². The van der Waals surface area contributed by atoms with Gasteiger partial charge in [-0.1, -0.05) is 12.8 Å². The van der Waals surface area contributed by atoms with Gasteiger partial charge in [0.2, 0.25) is 5.91 Å². The van der Waals surface area contributed by atoms with Crippen LogP contribution in [0.15, 0.2) is 24.3 Å². The average Bonchev–Trinajstić information content (AvgIpc) is 3.21. The molecule has 1 aromatic rings. The van der Waals surface area contributed by atoms with Crippen molar-refractivity contribution in [2.45, 2.75) is 25.7 Å². The van der Waals surface area contributed by atoms with Crippen molar-refractivity contribution in [1.82, 2.24) is 10.2 Å². The average molecular weight is 316 g/mol. The van der Waals surface area contributed by atoms with E-state index in [1.165, 1.54) is 0 Å². The fourth-order valence-electron chi connectivity index (χ4n) is 4.16. The molecule has 2 fully saturated rings. The summed E-state index contributed by atoms with van der Waals surface area (Å²) in [6.45, 7) is 1.21. The number of rotatable bonds is 3. The molecule has 2 aliphatic rings. The zero-order chi connectivity index (χ0) is 16.4. The van der Waals surface area contributed by atoms with Crippen molar-refractivity contribution >= 4 is 11.8 Å². The number of carbonyl (C=O) groups excluding carboxylic acids is 2. The summed E-state index contributed by atoms with van der Waals surface area (Å²) in [5.74, 6) is 0.720. The maximum Gasteiger partial charge on any atom is 0.253 e. The first-order valence-corrected chi connectivity index (χ1v) is 8.24. The van der Waals surface area contributed by atoms with E-state index in [-0.39, 0.29) is 23.1 Å². The number of hydrogen-bond donors (Lipinski definition) is 1. The molecule has 1 saturated heterocycles. The molecule has 3 rings (SSSR count). The van der Waals surface area contributed by atoms with Gasteiger partial charge in [0.15, 0.2) is 0 Å². The first kappa shape index (κ1) is 15.8. The number of hydrogen-bond acceptors (Lipinski definition) is 3. The molecule has 1 saturated carbocycles. The predicted octanol–water partition coefficient (Wildman–Crippen LogP) is 2.07. The molecule has 1 N–H and O–H groups in total. The second-order valence-electron chi connectivity index (χ2n) is 6.65. The molecule has 1 aliphatic carbocycles. The van der Waals surface area contributed by atoms with Crippen LogP contribution >= 0.6 is 0 Å². The van der Waals surface area contributed by atoms with Gasteiger partial charge in [-0.05, 0) is 37.1 Å². The third-order valence-corrected chi connectivity index (χ3v) is 5.43. The van der Waals surface area contributed by atoms with Crippen LogP contribution in [0.25, 0.3) is 0 Å². The fourth-order valence-corrected chi connectivity index (χ4v) is 4.16. The van der Waals surface area contributed by atoms with E-state index < -0.39 is 0 Å². The van der Waals surface area contributed by atoms with Gasteiger partial charge in [-0.2, -0.15) is 0 Å². The molecule has 0 radical (unpaired) electrons. The van der Waals surface area contributed by atoms with Gasteiger partial charge < -0.3 is 15.0 Å². The zero-order valence-electron chi connectivity index (χ0n) is 13.8. The predicted molar refractivity (Wildman–Crippen MR) is 87.4 cm³/mol. The number of carbonyl (C=O) groups is 2. The number of nitrogens with zero attached hydrogens (tertiary/aromatic N) is 1. The van der Waals surface area contributed by atoms with Gasteiger partial charge in [-0.15, -0.1) is 0 Å². The van der Waals surface area contributed by atoms with Crippen LogP contribution in [0.2, 0.25) is 0 Å². The molecular weight excluding hydrogens is 292 g/mol. The van der Waals surface area contributed by atoms with Gasteiger partial charge in [0, 0.05) is 31.1 Å². The molecule has 1 heterocycles. The molecule has 1 aliphatic heterocycles. The van der Waals surface area contributed by atoms with Crippen LogP contribution in [0, 0.1) is 11.3 Å². The van der Waals surface area contributed by atoms with Gasteiger partial charge in [0.05, 0.1) is 13.0 Å². The molecule has 0 aromatic heterocycles. The monoisotopic (exact) mass is 316 g/mol. The largest absolute Gasteiger partial charge is 0.497 e. The SMILES string of the molecule is CNC(=O)[C@H]1CN(C(=O)c2ccc(OC)cc2)CC12CCCC2. The van der Waals surface area contributed by atoms with Crippen LogP contribution in [0.3, 0.4) is 0 Å². The lowest BCUT2D eigenvalue weighted by Crippen LogP contribution is -2.38. The highest BCUT2D eigenvalue weighted by atomic mass is 16.5. The van der Waals surface area contributed by atoms with E-state index in [1.807, 2.05) is 4.90 Å². The fraction of sp³-hybridized carbons (Fsp3) is 0.556. The maximum atomic E-state index is 12.8. The first-order valence-electron chi connectivity index (χ1n) is 8.24. The third kappa shape index (κ3) is 2.80. The Hall–Kier alpha value is -2.04. The summed E-state index contributed by atoms with van der Waals surface area (Å²) < 4.78 is 5.14. The van der Waals surface area contributed by atoms with Crippen molar-refractivity contribution in [2.24, 2.45) is 11.3 Å². The summed E-state index contributed by atoms with van der Waals surface area (Å²) in [4.78, 5) is 26.9. The summed E-state index contributed by atoms with van der Waals surface area (Å²) in [6.07, 6.45) is 4.38. The van der Waals surface area contributed by atoms with Crippen molar-refractivity contribution in [2.75, 3.05) is 27.2 Å². The Bertz CT molecular complexity index is 591. The summed E-state index contributed by atoms with van der Waals surface area (Å²) in [6, 6.07) is 7.17. The highest BCUT2D eigenvalue weighted by Gasteiger charge is 2.52. The lowest BCUT2D eigenvalue weighted by Gasteiger charge is -2.28. The minimum atomic E-state index is -0.0859. The third-order valence-electron chi connectivity index (χ3n) is 5.43. The van der Waals surface area contributed by atoms with Gasteiger partial charge >= 0.3 is 0 Å². The van der Waals surface area contributed by atoms with E-state index in [1.54, 1.807) is 38.4 Å². The maximum absolute atomic E-state index is 12.8. The normalized spacial score (nSPS) is 22.3. The molecular formula is C18H24N2O3. The molecule has 5 nitrogen and oxygen atoms in total. The molecule has 23 heavy (non-hydrogen) atoms. The molecule has 0 bridgehead atoms. The smallest absolute Gasteiger partial charge is 0.253 e. The number of amides is 2. The summed E-state index contributed by atoms with van der Waals surface area (Å²) in [7, 11) is 3.29. The molecule has 1 spiro atoms. The van der Waals surface area contributed by atoms with E-state index in [2.05, 4.69) is 5.32 Å². The Morgan fingerprint density at radius 3 is 2.43 bits per heavy atom. The van der Waals surface area contributed by atoms with E-state index in [9.17, 15) is 9.59 Å². The lowest BCUT2D eigenvalue weighted by atomic mass is 9.76. The number of methoxy groups -OCH3 is 1. The van der Waals surface area contributed by atoms with Crippen LogP contribution in [-0.4, -0.2) is 44.0 Å². The Kier molecular flexibility index (Phi) is 4.28. The highest BCUT2D eigenvalue weighted by molar-refractivity contribution is 5.95. The lowest BCUT2D eigenvalue weighted by molar-refractivity contribution is -0.127. The Morgan fingerprint density at radius 1 is 1.22 bits per heavy atom. The van der Waals surface area contributed by atoms with Crippen molar-refractivity contribution in [1.29, 1.82) is 0 Å². The molecule has 1 aromatic carbocycles. The van der Waals surface area contributed by atoms with E-state index in [0.29, 0.717) is 18.7 Å². The summed E-state index contributed by atoms with van der Waals surface area (Å²) in [5.41, 5.74) is 0.624. The second kappa shape index (κ2) is 6.22. The molecule has 2 amide bonds. The first-order chi connectivity index (χ1) is 11.1.